The van der Waals surface area contributed by atoms with Crippen molar-refractivity contribution in [3.63, 3.8) is 0 Å². The summed E-state index contributed by atoms with van der Waals surface area (Å²) in [6.07, 6.45) is 5.52. The van der Waals surface area contributed by atoms with Crippen LogP contribution < -0.4 is 0 Å². The number of aromatic nitrogens is 1. The lowest BCUT2D eigenvalue weighted by atomic mass is 9.74. The van der Waals surface area contributed by atoms with Crippen LogP contribution in [0.3, 0.4) is 0 Å². The SMILES string of the molecule is O=C1C=C(F)/C2=C(\Cl)C=NCC3=C(C2=C1)C(C(=O)OCC(=O)c1ccc2scnc2c1)CN1C(=O)CC2(CC2)C31. The Morgan fingerprint density at radius 2 is 2.05 bits per heavy atom. The summed E-state index contributed by atoms with van der Waals surface area (Å²) in [4.78, 5) is 62.6. The molecule has 2 aromatic rings. The second-order valence-electron chi connectivity index (χ2n) is 10.7. The Balaban J connectivity index is 1.27. The van der Waals surface area contributed by atoms with Crippen LogP contribution in [-0.4, -0.2) is 65.3 Å². The first-order valence-corrected chi connectivity index (χ1v) is 14.1. The number of Topliss-reactive ketones (excluding diaryl/α,β-unsaturated/α-hetero) is 1. The highest BCUT2D eigenvalue weighted by Crippen LogP contribution is 2.62. The van der Waals surface area contributed by atoms with Crippen molar-refractivity contribution in [1.82, 2.24) is 9.88 Å². The number of carbonyl (C=O) groups excluding carboxylic acids is 4. The van der Waals surface area contributed by atoms with Crippen molar-refractivity contribution < 1.29 is 28.3 Å². The average Bonchev–Trinajstić information content (AvgIpc) is 3.42. The zero-order valence-corrected chi connectivity index (χ0v) is 22.6. The number of aliphatic imine (C=N–C) groups is 1. The van der Waals surface area contributed by atoms with Crippen molar-refractivity contribution in [2.45, 2.75) is 25.3 Å². The molecule has 1 spiro atoms. The molecule has 202 valence electrons. The van der Waals surface area contributed by atoms with Gasteiger partial charge in [-0.1, -0.05) is 11.6 Å². The third-order valence-corrected chi connectivity index (χ3v) is 9.45. The first-order chi connectivity index (χ1) is 19.3. The molecular weight excluding hydrogens is 557 g/mol. The summed E-state index contributed by atoms with van der Waals surface area (Å²) in [6.45, 7) is -0.404. The van der Waals surface area contributed by atoms with Crippen LogP contribution in [0.15, 0.2) is 74.0 Å². The minimum atomic E-state index is -1.06. The lowest BCUT2D eigenvalue weighted by Crippen LogP contribution is -2.49. The van der Waals surface area contributed by atoms with Crippen molar-refractivity contribution in [1.29, 1.82) is 0 Å². The van der Waals surface area contributed by atoms with E-state index in [1.807, 2.05) is 0 Å². The Bertz CT molecular complexity index is 1710. The monoisotopic (exact) mass is 577 g/mol. The quantitative estimate of drug-likeness (QED) is 0.397. The number of allylic oxidation sites excluding steroid dienone is 6. The number of fused-ring (bicyclic) bond motifs is 6. The van der Waals surface area contributed by atoms with Gasteiger partial charge >= 0.3 is 5.97 Å². The lowest BCUT2D eigenvalue weighted by molar-refractivity contribution is -0.147. The molecule has 7 rings (SSSR count). The zero-order chi connectivity index (χ0) is 27.8. The zero-order valence-electron chi connectivity index (χ0n) is 21.0. The number of thiazole rings is 1. The minimum absolute atomic E-state index is 0.00448. The van der Waals surface area contributed by atoms with Gasteiger partial charge < -0.3 is 9.64 Å². The van der Waals surface area contributed by atoms with Gasteiger partial charge in [0.1, 0.15) is 11.7 Å². The summed E-state index contributed by atoms with van der Waals surface area (Å²) in [5, 5.41) is 0.00448. The molecule has 0 bridgehead atoms. The third-order valence-electron chi connectivity index (χ3n) is 8.35. The van der Waals surface area contributed by atoms with E-state index in [0.717, 1.165) is 23.6 Å². The van der Waals surface area contributed by atoms with Crippen LogP contribution in [0, 0.1) is 11.3 Å². The Labute approximate surface area is 236 Å². The normalized spacial score (nSPS) is 26.6. The lowest BCUT2D eigenvalue weighted by Gasteiger charge is -2.41. The fraction of sp³-hybridized carbons (Fsp3) is 0.310. The molecule has 2 aliphatic carbocycles. The molecule has 1 amide bonds. The summed E-state index contributed by atoms with van der Waals surface area (Å²) in [5.41, 5.74) is 3.72. The van der Waals surface area contributed by atoms with E-state index in [0.29, 0.717) is 28.6 Å². The van der Waals surface area contributed by atoms with Crippen LogP contribution in [0.2, 0.25) is 0 Å². The van der Waals surface area contributed by atoms with Gasteiger partial charge in [-0.2, -0.15) is 0 Å². The molecule has 8 nitrogen and oxygen atoms in total. The topological polar surface area (TPSA) is 106 Å². The van der Waals surface area contributed by atoms with Gasteiger partial charge in [-0.3, -0.25) is 24.2 Å². The molecule has 4 heterocycles. The number of halogens is 2. The maximum absolute atomic E-state index is 15.2. The molecule has 2 unspecified atom stereocenters. The second-order valence-corrected chi connectivity index (χ2v) is 12.0. The number of esters is 1. The predicted octanol–water partition coefficient (Wildman–Crippen LogP) is 4.27. The molecule has 40 heavy (non-hydrogen) atoms. The highest BCUT2D eigenvalue weighted by Gasteiger charge is 2.62. The van der Waals surface area contributed by atoms with Crippen LogP contribution >= 0.6 is 22.9 Å². The van der Waals surface area contributed by atoms with E-state index >= 15 is 4.39 Å². The molecule has 5 aliphatic rings. The Hall–Kier alpha value is -3.76. The second kappa shape index (κ2) is 9.14. The van der Waals surface area contributed by atoms with Crippen molar-refractivity contribution in [3.8, 4) is 0 Å². The van der Waals surface area contributed by atoms with Crippen molar-refractivity contribution >= 4 is 62.8 Å². The molecule has 3 aliphatic heterocycles. The highest BCUT2D eigenvalue weighted by molar-refractivity contribution is 7.16. The first kappa shape index (κ1) is 25.2. The first-order valence-electron chi connectivity index (χ1n) is 12.8. The molecule has 11 heteroatoms. The van der Waals surface area contributed by atoms with E-state index in [4.69, 9.17) is 16.3 Å². The van der Waals surface area contributed by atoms with Crippen LogP contribution in [0.4, 0.5) is 4.39 Å². The van der Waals surface area contributed by atoms with E-state index in [1.165, 1.54) is 23.6 Å². The van der Waals surface area contributed by atoms with Gasteiger partial charge in [0.05, 0.1) is 33.3 Å². The molecule has 0 N–H and O–H groups in total. The minimum Gasteiger partial charge on any atom is -0.457 e. The van der Waals surface area contributed by atoms with Crippen LogP contribution in [0.5, 0.6) is 0 Å². The molecular formula is C29H21ClFN3O5S. The number of hydrogen-bond donors (Lipinski definition) is 0. The number of nitrogens with zero attached hydrogens (tertiary/aromatic N) is 3. The van der Waals surface area contributed by atoms with Crippen molar-refractivity contribution in [3.05, 3.63) is 74.6 Å². The predicted molar refractivity (Wildman–Crippen MR) is 146 cm³/mol. The Kier molecular flexibility index (Phi) is 5.76. The molecule has 1 aromatic heterocycles. The largest absolute Gasteiger partial charge is 0.457 e. The van der Waals surface area contributed by atoms with Gasteiger partial charge in [-0.05, 0) is 53.8 Å². The summed E-state index contributed by atoms with van der Waals surface area (Å²) in [6, 6.07) is 4.77. The van der Waals surface area contributed by atoms with Gasteiger partial charge in [0.25, 0.3) is 0 Å². The van der Waals surface area contributed by atoms with Gasteiger partial charge in [0.15, 0.2) is 18.2 Å². The molecule has 0 radical (unpaired) electrons. The maximum Gasteiger partial charge on any atom is 0.315 e. The van der Waals surface area contributed by atoms with E-state index in [-0.39, 0.29) is 46.6 Å². The number of amides is 1. The molecule has 1 saturated heterocycles. The molecule has 1 aromatic carbocycles. The number of ether oxygens (including phenoxy) is 1. The van der Waals surface area contributed by atoms with Gasteiger partial charge in [0, 0.05) is 41.8 Å². The van der Waals surface area contributed by atoms with E-state index in [2.05, 4.69) is 9.98 Å². The molecule has 2 atom stereocenters. The third kappa shape index (κ3) is 3.92. The van der Waals surface area contributed by atoms with Crippen LogP contribution in [-0.2, 0) is 19.1 Å². The van der Waals surface area contributed by atoms with E-state index in [1.54, 1.807) is 28.6 Å². The fourth-order valence-corrected chi connectivity index (χ4v) is 7.33. The summed E-state index contributed by atoms with van der Waals surface area (Å²) >= 11 is 7.87. The number of hydrogen-bond acceptors (Lipinski definition) is 8. The number of ketones is 2. The van der Waals surface area contributed by atoms with Crippen LogP contribution in [0.25, 0.3) is 10.2 Å². The Morgan fingerprint density at radius 3 is 2.85 bits per heavy atom. The number of rotatable bonds is 4. The van der Waals surface area contributed by atoms with Crippen molar-refractivity contribution in [2.24, 2.45) is 16.3 Å². The average molecular weight is 578 g/mol. The van der Waals surface area contributed by atoms with Crippen molar-refractivity contribution in [2.75, 3.05) is 19.7 Å². The summed E-state index contributed by atoms with van der Waals surface area (Å²) in [7, 11) is 0. The van der Waals surface area contributed by atoms with Gasteiger partial charge in [0.2, 0.25) is 5.91 Å². The highest BCUT2D eigenvalue weighted by atomic mass is 35.5. The van der Waals surface area contributed by atoms with E-state index < -0.39 is 35.9 Å². The van der Waals surface area contributed by atoms with Crippen LogP contribution in [0.1, 0.15) is 29.6 Å². The molecule has 2 fully saturated rings. The standard InChI is InChI=1S/C29H21ClFN3O5S/c30-19-10-32-9-17-25(16-6-15(35)7-20(31)26(16)19)18(11-34-24(37)8-29(3-4-29)27(17)34)28(38)39-12-22(36)14-1-2-23-21(5-14)33-13-40-23/h1-2,5-7,10,13,18,27H,3-4,8-9,11-12H2/b26-19-,32-10?. The van der Waals surface area contributed by atoms with E-state index in [9.17, 15) is 19.2 Å². The maximum atomic E-state index is 15.2. The summed E-state index contributed by atoms with van der Waals surface area (Å²) < 4.78 is 21.7. The Morgan fingerprint density at radius 1 is 1.23 bits per heavy atom. The van der Waals surface area contributed by atoms with Gasteiger partial charge in [-0.15, -0.1) is 11.3 Å². The number of carbonyl (C=O) groups is 4. The molecule has 1 saturated carbocycles. The number of benzene rings is 1. The fourth-order valence-electron chi connectivity index (χ4n) is 6.41. The smallest absolute Gasteiger partial charge is 0.315 e. The van der Waals surface area contributed by atoms with Gasteiger partial charge in [-0.25, -0.2) is 9.37 Å². The summed E-state index contributed by atoms with van der Waals surface area (Å²) in [5.74, 6) is -3.68.